The summed E-state index contributed by atoms with van der Waals surface area (Å²) in [5.41, 5.74) is 18.9. The Kier molecular flexibility index (Phi) is 3.20. The summed E-state index contributed by atoms with van der Waals surface area (Å²) in [6.07, 6.45) is 0. The number of rotatable bonds is 1. The van der Waals surface area contributed by atoms with Crippen LogP contribution in [0.3, 0.4) is 0 Å². The lowest BCUT2D eigenvalue weighted by molar-refractivity contribution is 1.47. The van der Waals surface area contributed by atoms with Crippen molar-refractivity contribution in [3.05, 3.63) is 71.8 Å². The van der Waals surface area contributed by atoms with Gasteiger partial charge in [-0.1, -0.05) is 48.5 Å². The number of nitrogen functional groups attached to an aromatic ring is 2. The highest BCUT2D eigenvalue weighted by molar-refractivity contribution is 6.14. The zero-order valence-corrected chi connectivity index (χ0v) is 13.9. The van der Waals surface area contributed by atoms with Gasteiger partial charge in [0.1, 0.15) is 0 Å². The van der Waals surface area contributed by atoms with Crippen LogP contribution < -0.4 is 11.5 Å². The molecule has 4 aromatic rings. The highest BCUT2D eigenvalue weighted by Gasteiger charge is 2.17. The smallest absolute Gasteiger partial charge is 0.0430 e. The highest BCUT2D eigenvalue weighted by atomic mass is 14.6. The first-order valence-corrected chi connectivity index (χ1v) is 8.14. The molecule has 118 valence electrons. The van der Waals surface area contributed by atoms with Crippen molar-refractivity contribution >= 4 is 32.9 Å². The SMILES string of the molecule is Cc1cc2ccccc2c(-c2c(N)c(C)cc3ccccc23)c1N. The number of anilines is 2. The minimum absolute atomic E-state index is 0.802. The molecule has 0 aliphatic rings. The lowest BCUT2D eigenvalue weighted by Crippen LogP contribution is -2.00. The molecule has 0 amide bonds. The lowest BCUT2D eigenvalue weighted by Gasteiger charge is -2.18. The van der Waals surface area contributed by atoms with Gasteiger partial charge in [0.2, 0.25) is 0 Å². The van der Waals surface area contributed by atoms with Crippen LogP contribution in [-0.2, 0) is 0 Å². The monoisotopic (exact) mass is 312 g/mol. The van der Waals surface area contributed by atoms with Crippen molar-refractivity contribution in [1.82, 2.24) is 0 Å². The summed E-state index contributed by atoms with van der Waals surface area (Å²) in [4.78, 5) is 0. The summed E-state index contributed by atoms with van der Waals surface area (Å²) in [5.74, 6) is 0. The largest absolute Gasteiger partial charge is 0.398 e. The summed E-state index contributed by atoms with van der Waals surface area (Å²) in [6.45, 7) is 4.11. The Morgan fingerprint density at radius 2 is 0.958 bits per heavy atom. The first kappa shape index (κ1) is 14.6. The normalized spacial score (nSPS) is 11.2. The van der Waals surface area contributed by atoms with E-state index in [9.17, 15) is 0 Å². The van der Waals surface area contributed by atoms with Crippen molar-refractivity contribution in [2.45, 2.75) is 13.8 Å². The standard InChI is InChI=1S/C22H20N2/c1-13-11-15-7-3-5-9-17(15)19(21(13)23)20-18-10-6-4-8-16(18)12-14(2)22(20)24/h3-12H,23-24H2,1-2H3. The molecule has 0 atom stereocenters. The summed E-state index contributed by atoms with van der Waals surface area (Å²) >= 11 is 0. The van der Waals surface area contributed by atoms with E-state index in [2.05, 4.69) is 74.5 Å². The van der Waals surface area contributed by atoms with Crippen LogP contribution in [0.2, 0.25) is 0 Å². The fourth-order valence-corrected chi connectivity index (χ4v) is 3.55. The molecule has 0 aliphatic heterocycles. The van der Waals surface area contributed by atoms with Crippen molar-refractivity contribution < 1.29 is 0 Å². The first-order chi connectivity index (χ1) is 11.6. The van der Waals surface area contributed by atoms with Crippen LogP contribution in [0.25, 0.3) is 32.7 Å². The van der Waals surface area contributed by atoms with Gasteiger partial charge in [-0.15, -0.1) is 0 Å². The summed E-state index contributed by atoms with van der Waals surface area (Å²) in [6, 6.07) is 21.0. The predicted octanol–water partition coefficient (Wildman–Crippen LogP) is 5.44. The topological polar surface area (TPSA) is 52.0 Å². The molecule has 4 rings (SSSR count). The van der Waals surface area contributed by atoms with Crippen molar-refractivity contribution in [1.29, 1.82) is 0 Å². The molecule has 0 fully saturated rings. The molecule has 0 spiro atoms. The lowest BCUT2D eigenvalue weighted by atomic mass is 9.88. The van der Waals surface area contributed by atoms with Gasteiger partial charge in [-0.3, -0.25) is 0 Å². The Labute approximate surface area is 141 Å². The molecule has 0 saturated carbocycles. The van der Waals surface area contributed by atoms with E-state index in [0.717, 1.165) is 44.4 Å². The number of hydrogen-bond acceptors (Lipinski definition) is 2. The Morgan fingerprint density at radius 3 is 1.38 bits per heavy atom. The minimum Gasteiger partial charge on any atom is -0.398 e. The van der Waals surface area contributed by atoms with Gasteiger partial charge in [0, 0.05) is 22.5 Å². The Morgan fingerprint density at radius 1 is 0.583 bits per heavy atom. The van der Waals surface area contributed by atoms with E-state index in [-0.39, 0.29) is 0 Å². The Bertz CT molecular complexity index is 1000. The van der Waals surface area contributed by atoms with E-state index in [1.807, 2.05) is 0 Å². The molecule has 0 bridgehead atoms. The Hall–Kier alpha value is -3.00. The molecule has 2 nitrogen and oxygen atoms in total. The van der Waals surface area contributed by atoms with Gasteiger partial charge in [-0.05, 0) is 58.7 Å². The maximum atomic E-state index is 6.54. The van der Waals surface area contributed by atoms with E-state index in [0.29, 0.717) is 0 Å². The van der Waals surface area contributed by atoms with Gasteiger partial charge in [0.15, 0.2) is 0 Å². The fourth-order valence-electron chi connectivity index (χ4n) is 3.55. The molecule has 0 saturated heterocycles. The maximum Gasteiger partial charge on any atom is 0.0430 e. The second-order valence-electron chi connectivity index (χ2n) is 6.41. The van der Waals surface area contributed by atoms with Crippen molar-refractivity contribution in [2.24, 2.45) is 0 Å². The van der Waals surface area contributed by atoms with Crippen LogP contribution in [0.1, 0.15) is 11.1 Å². The zero-order valence-electron chi connectivity index (χ0n) is 13.9. The van der Waals surface area contributed by atoms with Gasteiger partial charge < -0.3 is 11.5 Å². The second kappa shape index (κ2) is 5.27. The van der Waals surface area contributed by atoms with Crippen LogP contribution in [0.5, 0.6) is 0 Å². The highest BCUT2D eigenvalue weighted by Crippen LogP contribution is 2.43. The third-order valence-corrected chi connectivity index (χ3v) is 4.84. The number of hydrogen-bond donors (Lipinski definition) is 2. The molecule has 4 aromatic carbocycles. The third-order valence-electron chi connectivity index (χ3n) is 4.84. The molecular weight excluding hydrogens is 292 g/mol. The molecule has 4 N–H and O–H groups in total. The zero-order chi connectivity index (χ0) is 16.8. The number of fused-ring (bicyclic) bond motifs is 2. The predicted molar refractivity (Wildman–Crippen MR) is 105 cm³/mol. The average Bonchev–Trinajstić information content (AvgIpc) is 2.58. The van der Waals surface area contributed by atoms with Gasteiger partial charge in [-0.2, -0.15) is 0 Å². The van der Waals surface area contributed by atoms with Crippen LogP contribution in [0.4, 0.5) is 11.4 Å². The average molecular weight is 312 g/mol. The molecule has 2 heteroatoms. The number of nitrogens with two attached hydrogens (primary N) is 2. The number of benzene rings is 4. The van der Waals surface area contributed by atoms with Crippen LogP contribution >= 0.6 is 0 Å². The van der Waals surface area contributed by atoms with E-state index in [1.54, 1.807) is 0 Å². The van der Waals surface area contributed by atoms with Gasteiger partial charge in [0.25, 0.3) is 0 Å². The van der Waals surface area contributed by atoms with E-state index >= 15 is 0 Å². The maximum absolute atomic E-state index is 6.54. The summed E-state index contributed by atoms with van der Waals surface area (Å²) in [5, 5.41) is 4.65. The van der Waals surface area contributed by atoms with Gasteiger partial charge >= 0.3 is 0 Å². The van der Waals surface area contributed by atoms with Gasteiger partial charge in [-0.25, -0.2) is 0 Å². The minimum atomic E-state index is 0.802. The number of aryl methyl sites for hydroxylation is 2. The van der Waals surface area contributed by atoms with E-state index in [4.69, 9.17) is 11.5 Å². The molecular formula is C22H20N2. The van der Waals surface area contributed by atoms with Gasteiger partial charge in [0.05, 0.1) is 0 Å². The van der Waals surface area contributed by atoms with E-state index in [1.165, 1.54) is 10.8 Å². The molecule has 24 heavy (non-hydrogen) atoms. The molecule has 0 aliphatic carbocycles. The summed E-state index contributed by atoms with van der Waals surface area (Å²) < 4.78 is 0. The quantitative estimate of drug-likeness (QED) is 0.460. The Balaban J connectivity index is 2.26. The first-order valence-electron chi connectivity index (χ1n) is 8.14. The van der Waals surface area contributed by atoms with E-state index < -0.39 is 0 Å². The molecule has 0 aromatic heterocycles. The fraction of sp³-hybridized carbons (Fsp3) is 0.0909. The van der Waals surface area contributed by atoms with Crippen molar-refractivity contribution in [2.75, 3.05) is 11.5 Å². The second-order valence-corrected chi connectivity index (χ2v) is 6.41. The van der Waals surface area contributed by atoms with Crippen LogP contribution in [0.15, 0.2) is 60.7 Å². The molecule has 0 unspecified atom stereocenters. The van der Waals surface area contributed by atoms with Crippen molar-refractivity contribution in [3.8, 4) is 11.1 Å². The van der Waals surface area contributed by atoms with Crippen molar-refractivity contribution in [3.63, 3.8) is 0 Å². The summed E-state index contributed by atoms with van der Waals surface area (Å²) in [7, 11) is 0. The molecule has 0 radical (unpaired) electrons. The third kappa shape index (κ3) is 2.04. The van der Waals surface area contributed by atoms with Crippen LogP contribution in [0, 0.1) is 13.8 Å². The van der Waals surface area contributed by atoms with Crippen LogP contribution in [-0.4, -0.2) is 0 Å². The molecule has 0 heterocycles.